The van der Waals surface area contributed by atoms with Crippen LogP contribution in [0.3, 0.4) is 0 Å². The summed E-state index contributed by atoms with van der Waals surface area (Å²) in [6, 6.07) is 5.76. The molecule has 16 heteroatoms. The highest BCUT2D eigenvalue weighted by Crippen LogP contribution is 2.34. The van der Waals surface area contributed by atoms with E-state index >= 15 is 0 Å². The molecule has 3 heterocycles. The number of halogens is 6. The van der Waals surface area contributed by atoms with Crippen LogP contribution in [0.2, 0.25) is 0 Å². The first-order chi connectivity index (χ1) is 17.6. The number of carbonyl (C=O) groups excluding carboxylic acids is 1. The third-order valence-corrected chi connectivity index (χ3v) is 5.51. The van der Waals surface area contributed by atoms with Crippen LogP contribution < -0.4 is 0 Å². The molecule has 0 aromatic carbocycles. The fourth-order valence-electron chi connectivity index (χ4n) is 3.64. The summed E-state index contributed by atoms with van der Waals surface area (Å²) in [5.41, 5.74) is 0.898. The summed E-state index contributed by atoms with van der Waals surface area (Å²) in [5.74, 6) is -4.94. The molecule has 3 rings (SSSR count). The number of methoxy groups -OCH3 is 1. The summed E-state index contributed by atoms with van der Waals surface area (Å²) < 4.78 is 74.7. The van der Waals surface area contributed by atoms with Crippen LogP contribution in [-0.2, 0) is 30.4 Å². The molecule has 1 amide bonds. The summed E-state index contributed by atoms with van der Waals surface area (Å²) in [7, 11) is 3.55. The van der Waals surface area contributed by atoms with Gasteiger partial charge in [0, 0.05) is 33.4 Å². The number of likely N-dealkylation sites (tertiary alicyclic amines) is 1. The zero-order chi connectivity index (χ0) is 29.1. The fourth-order valence-corrected chi connectivity index (χ4v) is 3.64. The number of aliphatic carboxylic acids is 2. The summed E-state index contributed by atoms with van der Waals surface area (Å²) in [5, 5.41) is 14.2. The summed E-state index contributed by atoms with van der Waals surface area (Å²) in [6.45, 7) is 4.17. The van der Waals surface area contributed by atoms with Gasteiger partial charge in [0.25, 0.3) is 5.91 Å². The van der Waals surface area contributed by atoms with Crippen LogP contribution in [0, 0.1) is 5.92 Å². The zero-order valence-electron chi connectivity index (χ0n) is 20.5. The van der Waals surface area contributed by atoms with Crippen molar-refractivity contribution >= 4 is 17.8 Å². The molecule has 0 radical (unpaired) electrons. The van der Waals surface area contributed by atoms with Gasteiger partial charge in [0.2, 0.25) is 0 Å². The van der Waals surface area contributed by atoms with Crippen LogP contribution in [0.15, 0.2) is 24.4 Å². The first kappa shape index (κ1) is 33.0. The molecule has 10 nitrogen and oxygen atoms in total. The molecule has 38 heavy (non-hydrogen) atoms. The predicted octanol–water partition coefficient (Wildman–Crippen LogP) is 2.43. The van der Waals surface area contributed by atoms with Crippen molar-refractivity contribution in [3.8, 4) is 0 Å². The summed E-state index contributed by atoms with van der Waals surface area (Å²) in [6.07, 6.45) is -6.61. The van der Waals surface area contributed by atoms with Crippen LogP contribution in [0.4, 0.5) is 26.3 Å². The maximum absolute atomic E-state index is 12.7. The highest BCUT2D eigenvalue weighted by atomic mass is 19.4. The van der Waals surface area contributed by atoms with Gasteiger partial charge in [-0.15, -0.1) is 0 Å². The molecule has 216 valence electrons. The number of carbonyl (C=O) groups is 3. The lowest BCUT2D eigenvalue weighted by atomic mass is 9.91. The number of carboxylic acid groups (broad SMARTS) is 2. The smallest absolute Gasteiger partial charge is 0.475 e. The SMILES string of the molecule is COCCN1CC[C@H]2C[C@H](C(=O)N(C)Cc3ccccn3)O[C@H]2C1.O=C(O)C(F)(F)F.O=C(O)C(F)(F)F. The van der Waals surface area contributed by atoms with Crippen molar-refractivity contribution in [3.05, 3.63) is 30.1 Å². The van der Waals surface area contributed by atoms with Crippen molar-refractivity contribution in [1.29, 1.82) is 0 Å². The minimum atomic E-state index is -5.08. The largest absolute Gasteiger partial charge is 0.490 e. The standard InChI is InChI=1S/C18H27N3O3.2C2HF3O2/c1-20(12-15-5-3-4-7-19-15)18(22)16-11-14-6-8-21(9-10-23-2)13-17(14)24-16;2*3-2(4,5)1(6)7/h3-5,7,14,16-17H,6,8-13H2,1-2H3;2*(H,6,7)/t14-,16+,17-;;/m0../s1. The molecule has 2 fully saturated rings. The van der Waals surface area contributed by atoms with E-state index in [2.05, 4.69) is 9.88 Å². The van der Waals surface area contributed by atoms with E-state index in [1.807, 2.05) is 25.2 Å². The Balaban J connectivity index is 0.000000426. The molecular formula is C22H29F6N3O7. The highest BCUT2D eigenvalue weighted by Gasteiger charge is 2.42. The number of amides is 1. The number of ether oxygens (including phenoxy) is 2. The van der Waals surface area contributed by atoms with Crippen LogP contribution >= 0.6 is 0 Å². The Labute approximate surface area is 214 Å². The molecule has 0 bridgehead atoms. The molecule has 2 aliphatic heterocycles. The number of aromatic nitrogens is 1. The van der Waals surface area contributed by atoms with Crippen molar-refractivity contribution in [2.75, 3.05) is 40.4 Å². The van der Waals surface area contributed by atoms with E-state index < -0.39 is 24.3 Å². The molecule has 1 aromatic heterocycles. The zero-order valence-corrected chi connectivity index (χ0v) is 20.5. The minimum Gasteiger partial charge on any atom is -0.475 e. The van der Waals surface area contributed by atoms with Gasteiger partial charge in [-0.1, -0.05) is 6.07 Å². The second-order valence-electron chi connectivity index (χ2n) is 8.36. The Hall–Kier alpha value is -2.98. The first-order valence-corrected chi connectivity index (χ1v) is 11.2. The quantitative estimate of drug-likeness (QED) is 0.503. The van der Waals surface area contributed by atoms with Gasteiger partial charge in [-0.25, -0.2) is 9.59 Å². The number of rotatable bonds is 6. The Bertz CT molecular complexity index is 878. The normalized spacial score (nSPS) is 21.2. The molecule has 3 atom stereocenters. The lowest BCUT2D eigenvalue weighted by molar-refractivity contribution is -0.193. The maximum Gasteiger partial charge on any atom is 0.490 e. The fraction of sp³-hybridized carbons (Fsp3) is 0.636. The van der Waals surface area contributed by atoms with Gasteiger partial charge >= 0.3 is 24.3 Å². The number of pyridine rings is 1. The van der Waals surface area contributed by atoms with E-state index in [4.69, 9.17) is 29.3 Å². The Morgan fingerprint density at radius 3 is 2.18 bits per heavy atom. The topological polar surface area (TPSA) is 130 Å². The molecule has 2 aliphatic rings. The number of hydrogen-bond acceptors (Lipinski definition) is 7. The average Bonchev–Trinajstić information content (AvgIpc) is 3.26. The average molecular weight is 561 g/mol. The van der Waals surface area contributed by atoms with E-state index in [0.29, 0.717) is 12.5 Å². The number of hydrogen-bond donors (Lipinski definition) is 2. The number of carboxylic acids is 2. The summed E-state index contributed by atoms with van der Waals surface area (Å²) in [4.78, 5) is 38.9. The van der Waals surface area contributed by atoms with E-state index in [0.717, 1.165) is 44.8 Å². The van der Waals surface area contributed by atoms with Crippen LogP contribution in [-0.4, -0.2) is 108 Å². The van der Waals surface area contributed by atoms with Gasteiger partial charge in [-0.3, -0.25) is 14.7 Å². The van der Waals surface area contributed by atoms with Crippen molar-refractivity contribution in [2.45, 2.75) is 43.9 Å². The van der Waals surface area contributed by atoms with Gasteiger partial charge in [0.05, 0.1) is 24.9 Å². The number of likely N-dealkylation sites (N-methyl/N-ethyl adjacent to an activating group) is 1. The van der Waals surface area contributed by atoms with Gasteiger partial charge < -0.3 is 24.6 Å². The molecule has 0 aliphatic carbocycles. The number of nitrogens with zero attached hydrogens (tertiary/aromatic N) is 3. The van der Waals surface area contributed by atoms with Gasteiger partial charge in [0.1, 0.15) is 6.10 Å². The summed E-state index contributed by atoms with van der Waals surface area (Å²) >= 11 is 0. The van der Waals surface area contributed by atoms with Gasteiger partial charge in [0.15, 0.2) is 0 Å². The number of fused-ring (bicyclic) bond motifs is 1. The molecule has 0 spiro atoms. The second kappa shape index (κ2) is 14.8. The lowest BCUT2D eigenvalue weighted by Crippen LogP contribution is -2.43. The Morgan fingerprint density at radius 2 is 1.71 bits per heavy atom. The molecule has 0 unspecified atom stereocenters. The molecule has 2 saturated heterocycles. The van der Waals surface area contributed by atoms with Crippen molar-refractivity contribution in [2.24, 2.45) is 5.92 Å². The third kappa shape index (κ3) is 11.6. The predicted molar refractivity (Wildman–Crippen MR) is 118 cm³/mol. The minimum absolute atomic E-state index is 0.0681. The molecule has 1 aromatic rings. The third-order valence-electron chi connectivity index (χ3n) is 5.51. The van der Waals surface area contributed by atoms with E-state index in [9.17, 15) is 31.1 Å². The van der Waals surface area contributed by atoms with Gasteiger partial charge in [-0.2, -0.15) is 26.3 Å². The molecule has 2 N–H and O–H groups in total. The molecule has 0 saturated carbocycles. The Kier molecular flexibility index (Phi) is 12.9. The first-order valence-electron chi connectivity index (χ1n) is 11.2. The Morgan fingerprint density at radius 1 is 1.13 bits per heavy atom. The van der Waals surface area contributed by atoms with Gasteiger partial charge in [-0.05, 0) is 37.4 Å². The number of piperidine rings is 1. The number of alkyl halides is 6. The van der Waals surface area contributed by atoms with E-state index in [1.54, 1.807) is 18.2 Å². The van der Waals surface area contributed by atoms with Crippen molar-refractivity contribution in [3.63, 3.8) is 0 Å². The maximum atomic E-state index is 12.7. The highest BCUT2D eigenvalue weighted by molar-refractivity contribution is 5.81. The van der Waals surface area contributed by atoms with E-state index in [-0.39, 0.29) is 18.1 Å². The molecular weight excluding hydrogens is 532 g/mol. The monoisotopic (exact) mass is 561 g/mol. The second-order valence-corrected chi connectivity index (χ2v) is 8.36. The van der Waals surface area contributed by atoms with Crippen molar-refractivity contribution < 1.29 is 60.4 Å². The van der Waals surface area contributed by atoms with Crippen LogP contribution in [0.25, 0.3) is 0 Å². The lowest BCUT2D eigenvalue weighted by Gasteiger charge is -2.33. The van der Waals surface area contributed by atoms with Crippen LogP contribution in [0.1, 0.15) is 18.5 Å². The van der Waals surface area contributed by atoms with Crippen LogP contribution in [0.5, 0.6) is 0 Å². The van der Waals surface area contributed by atoms with E-state index in [1.165, 1.54) is 0 Å². The van der Waals surface area contributed by atoms with Crippen molar-refractivity contribution in [1.82, 2.24) is 14.8 Å².